The molecule has 1 N–H and O–H groups in total. The average Bonchev–Trinajstić information content (AvgIpc) is 2.97. The van der Waals surface area contributed by atoms with Gasteiger partial charge in [-0.1, -0.05) is 0 Å². The van der Waals surface area contributed by atoms with Crippen LogP contribution in [0.2, 0.25) is 0 Å². The molecule has 1 amide bonds. The topological polar surface area (TPSA) is 90.5 Å². The van der Waals surface area contributed by atoms with Crippen LogP contribution in [0.3, 0.4) is 0 Å². The van der Waals surface area contributed by atoms with Gasteiger partial charge in [-0.15, -0.1) is 5.10 Å². The summed E-state index contributed by atoms with van der Waals surface area (Å²) in [4.78, 5) is 16.4. The zero-order valence-corrected chi connectivity index (χ0v) is 11.3. The van der Waals surface area contributed by atoms with Crippen LogP contribution >= 0.6 is 0 Å². The van der Waals surface area contributed by atoms with Gasteiger partial charge < -0.3 is 9.88 Å². The van der Waals surface area contributed by atoms with Crippen molar-refractivity contribution in [2.24, 2.45) is 13.0 Å². The summed E-state index contributed by atoms with van der Waals surface area (Å²) >= 11 is 0. The molecule has 1 fully saturated rings. The Morgan fingerprint density at radius 1 is 1.55 bits per heavy atom. The molecule has 2 aromatic heterocycles. The van der Waals surface area contributed by atoms with Crippen molar-refractivity contribution >= 4 is 5.91 Å². The Kier molecular flexibility index (Phi) is 3.44. The standard InChI is InChI=1S/C12H17N7O/c1-18-7-5-13-12(18)11(9-2-3-9)15-10(20)4-6-19-8-14-16-17-19/h5,7-9,11H,2-4,6H2,1H3,(H,15,20). The van der Waals surface area contributed by atoms with Crippen LogP contribution in [-0.2, 0) is 18.4 Å². The minimum atomic E-state index is 0.000370. The third-order valence-electron chi connectivity index (χ3n) is 3.51. The predicted octanol–water partition coefficient (Wildman–Crippen LogP) is 0.0642. The number of hydrogen-bond donors (Lipinski definition) is 1. The SMILES string of the molecule is Cn1ccnc1C(NC(=O)CCn1cnnn1)C1CC1. The highest BCUT2D eigenvalue weighted by Crippen LogP contribution is 2.40. The van der Waals surface area contributed by atoms with E-state index >= 15 is 0 Å². The summed E-state index contributed by atoms with van der Waals surface area (Å²) in [5.41, 5.74) is 0. The summed E-state index contributed by atoms with van der Waals surface area (Å²) < 4.78 is 3.51. The Bertz CT molecular complexity index is 572. The largest absolute Gasteiger partial charge is 0.346 e. The lowest BCUT2D eigenvalue weighted by molar-refractivity contribution is -0.122. The van der Waals surface area contributed by atoms with Crippen molar-refractivity contribution in [3.05, 3.63) is 24.5 Å². The molecule has 0 saturated heterocycles. The van der Waals surface area contributed by atoms with E-state index in [0.717, 1.165) is 18.7 Å². The van der Waals surface area contributed by atoms with Gasteiger partial charge in [-0.3, -0.25) is 4.79 Å². The van der Waals surface area contributed by atoms with E-state index in [1.54, 1.807) is 10.9 Å². The van der Waals surface area contributed by atoms with Crippen LogP contribution in [0.25, 0.3) is 0 Å². The van der Waals surface area contributed by atoms with E-state index in [2.05, 4.69) is 25.8 Å². The van der Waals surface area contributed by atoms with Crippen molar-refractivity contribution in [3.8, 4) is 0 Å². The zero-order valence-electron chi connectivity index (χ0n) is 11.3. The van der Waals surface area contributed by atoms with Crippen molar-refractivity contribution in [3.63, 3.8) is 0 Å². The zero-order chi connectivity index (χ0) is 13.9. The number of rotatable bonds is 6. The van der Waals surface area contributed by atoms with Crippen LogP contribution in [0, 0.1) is 5.92 Å². The van der Waals surface area contributed by atoms with Crippen molar-refractivity contribution in [1.29, 1.82) is 0 Å². The van der Waals surface area contributed by atoms with E-state index in [-0.39, 0.29) is 11.9 Å². The second kappa shape index (κ2) is 5.40. The average molecular weight is 275 g/mol. The number of carbonyl (C=O) groups excluding carboxylic acids is 1. The number of amides is 1. The van der Waals surface area contributed by atoms with E-state index in [1.807, 2.05) is 17.8 Å². The maximum absolute atomic E-state index is 12.1. The van der Waals surface area contributed by atoms with Gasteiger partial charge in [-0.25, -0.2) is 9.67 Å². The first-order valence-corrected chi connectivity index (χ1v) is 6.71. The fourth-order valence-corrected chi connectivity index (χ4v) is 2.24. The predicted molar refractivity (Wildman–Crippen MR) is 69.2 cm³/mol. The number of tetrazole rings is 1. The van der Waals surface area contributed by atoms with E-state index in [0.29, 0.717) is 18.9 Å². The molecule has 1 unspecified atom stereocenters. The van der Waals surface area contributed by atoms with Crippen molar-refractivity contribution in [2.75, 3.05) is 0 Å². The Morgan fingerprint density at radius 2 is 2.40 bits per heavy atom. The van der Waals surface area contributed by atoms with Gasteiger partial charge in [0.2, 0.25) is 5.91 Å². The lowest BCUT2D eigenvalue weighted by Gasteiger charge is -2.18. The Morgan fingerprint density at radius 3 is 3.00 bits per heavy atom. The minimum Gasteiger partial charge on any atom is -0.346 e. The molecule has 0 aliphatic heterocycles. The first kappa shape index (κ1) is 12.8. The van der Waals surface area contributed by atoms with Gasteiger partial charge in [-0.05, 0) is 29.2 Å². The fourth-order valence-electron chi connectivity index (χ4n) is 2.24. The molecule has 1 aliphatic rings. The van der Waals surface area contributed by atoms with E-state index in [1.165, 1.54) is 6.33 Å². The number of imidazole rings is 1. The third kappa shape index (κ3) is 2.84. The molecule has 1 atom stereocenters. The van der Waals surface area contributed by atoms with Crippen LogP contribution in [0.1, 0.15) is 31.1 Å². The molecule has 2 aromatic rings. The number of nitrogens with one attached hydrogen (secondary N) is 1. The van der Waals surface area contributed by atoms with Gasteiger partial charge in [0.25, 0.3) is 0 Å². The van der Waals surface area contributed by atoms with Gasteiger partial charge in [-0.2, -0.15) is 0 Å². The summed E-state index contributed by atoms with van der Waals surface area (Å²) in [5.74, 6) is 1.43. The molecule has 8 nitrogen and oxygen atoms in total. The number of aromatic nitrogens is 6. The summed E-state index contributed by atoms with van der Waals surface area (Å²) in [5, 5.41) is 13.9. The smallest absolute Gasteiger partial charge is 0.222 e. The molecule has 8 heteroatoms. The van der Waals surface area contributed by atoms with Gasteiger partial charge in [0, 0.05) is 25.9 Å². The highest BCUT2D eigenvalue weighted by molar-refractivity contribution is 5.76. The number of aryl methyl sites for hydroxylation is 2. The molecule has 0 spiro atoms. The molecule has 3 rings (SSSR count). The minimum absolute atomic E-state index is 0.000370. The second-order valence-corrected chi connectivity index (χ2v) is 5.10. The Labute approximate surface area is 116 Å². The fraction of sp³-hybridized carbons (Fsp3) is 0.583. The second-order valence-electron chi connectivity index (χ2n) is 5.10. The first-order chi connectivity index (χ1) is 9.74. The summed E-state index contributed by atoms with van der Waals surface area (Å²) in [6.07, 6.45) is 7.81. The van der Waals surface area contributed by atoms with Gasteiger partial charge >= 0.3 is 0 Å². The van der Waals surface area contributed by atoms with Crippen molar-refractivity contribution in [1.82, 2.24) is 35.1 Å². The van der Waals surface area contributed by atoms with Crippen molar-refractivity contribution < 1.29 is 4.79 Å². The highest BCUT2D eigenvalue weighted by Gasteiger charge is 2.35. The molecular weight excluding hydrogens is 258 g/mol. The number of nitrogens with zero attached hydrogens (tertiary/aromatic N) is 6. The molecule has 0 aromatic carbocycles. The van der Waals surface area contributed by atoms with Crippen LogP contribution in [0.4, 0.5) is 0 Å². The Balaban J connectivity index is 1.59. The maximum atomic E-state index is 12.1. The van der Waals surface area contributed by atoms with Crippen LogP contribution in [0.5, 0.6) is 0 Å². The quantitative estimate of drug-likeness (QED) is 0.805. The van der Waals surface area contributed by atoms with E-state index in [4.69, 9.17) is 0 Å². The van der Waals surface area contributed by atoms with Gasteiger partial charge in [0.1, 0.15) is 12.2 Å². The van der Waals surface area contributed by atoms with Crippen molar-refractivity contribution in [2.45, 2.75) is 31.8 Å². The normalized spacial score (nSPS) is 16.1. The summed E-state index contributed by atoms with van der Waals surface area (Å²) in [6.45, 7) is 0.483. The van der Waals surface area contributed by atoms with Crippen LogP contribution in [-0.4, -0.2) is 35.7 Å². The first-order valence-electron chi connectivity index (χ1n) is 6.71. The van der Waals surface area contributed by atoms with Crippen LogP contribution in [0.15, 0.2) is 18.7 Å². The molecule has 0 bridgehead atoms. The molecular formula is C12H17N7O. The van der Waals surface area contributed by atoms with Gasteiger partial charge in [0.15, 0.2) is 0 Å². The number of carbonyl (C=O) groups is 1. The van der Waals surface area contributed by atoms with E-state index in [9.17, 15) is 4.79 Å². The van der Waals surface area contributed by atoms with E-state index < -0.39 is 0 Å². The van der Waals surface area contributed by atoms with Gasteiger partial charge in [0.05, 0.1) is 12.6 Å². The summed E-state index contributed by atoms with van der Waals surface area (Å²) in [6, 6.07) is 0.0105. The molecule has 106 valence electrons. The third-order valence-corrected chi connectivity index (χ3v) is 3.51. The molecule has 1 saturated carbocycles. The maximum Gasteiger partial charge on any atom is 0.222 e. The number of hydrogen-bond acceptors (Lipinski definition) is 5. The molecule has 2 heterocycles. The molecule has 0 radical (unpaired) electrons. The van der Waals surface area contributed by atoms with Crippen LogP contribution < -0.4 is 5.32 Å². The summed E-state index contributed by atoms with van der Waals surface area (Å²) in [7, 11) is 1.95. The lowest BCUT2D eigenvalue weighted by atomic mass is 10.1. The Hall–Kier alpha value is -2.25. The monoisotopic (exact) mass is 275 g/mol. The lowest BCUT2D eigenvalue weighted by Crippen LogP contribution is -2.32. The molecule has 20 heavy (non-hydrogen) atoms. The molecule has 1 aliphatic carbocycles. The highest BCUT2D eigenvalue weighted by atomic mass is 16.1.